The van der Waals surface area contributed by atoms with E-state index in [4.69, 9.17) is 21.1 Å². The molecule has 63 heavy (non-hydrogen) atoms. The Kier molecular flexibility index (Phi) is 12.6. The number of halogens is 1. The van der Waals surface area contributed by atoms with Gasteiger partial charge < -0.3 is 24.7 Å². The summed E-state index contributed by atoms with van der Waals surface area (Å²) in [5.74, 6) is -0.256. The number of carbonyl (C=O) groups excluding carboxylic acids is 1. The highest BCUT2D eigenvalue weighted by Crippen LogP contribution is 2.43. The van der Waals surface area contributed by atoms with Crippen molar-refractivity contribution in [3.05, 3.63) is 117 Å². The smallest absolute Gasteiger partial charge is 0.293 e. The second-order valence-electron chi connectivity index (χ2n) is 18.3. The number of hydrogen-bond donors (Lipinski definition) is 3. The number of pyridine rings is 1. The molecule has 1 atom stereocenters. The molecular weight excluding hydrogens is 842 g/mol. The number of benzene rings is 3. The van der Waals surface area contributed by atoms with Crippen LogP contribution in [0.2, 0.25) is 5.02 Å². The van der Waals surface area contributed by atoms with Gasteiger partial charge in [-0.3, -0.25) is 19.8 Å². The first kappa shape index (κ1) is 44.1. The van der Waals surface area contributed by atoms with Gasteiger partial charge in [-0.25, -0.2) is 18.1 Å². The van der Waals surface area contributed by atoms with Crippen LogP contribution in [0.4, 0.5) is 17.1 Å². The second-order valence-corrected chi connectivity index (χ2v) is 20.4. The van der Waals surface area contributed by atoms with Crippen LogP contribution in [0.5, 0.6) is 11.5 Å². The van der Waals surface area contributed by atoms with Crippen molar-refractivity contribution < 1.29 is 27.6 Å². The van der Waals surface area contributed by atoms with E-state index in [0.717, 1.165) is 87.0 Å². The Labute approximate surface area is 373 Å². The van der Waals surface area contributed by atoms with E-state index in [0.29, 0.717) is 24.5 Å². The van der Waals surface area contributed by atoms with Crippen LogP contribution in [0.1, 0.15) is 75.7 Å². The molecule has 0 bridgehead atoms. The van der Waals surface area contributed by atoms with E-state index in [1.54, 1.807) is 30.5 Å². The maximum absolute atomic E-state index is 14.0. The lowest BCUT2D eigenvalue weighted by atomic mass is 9.72. The first-order chi connectivity index (χ1) is 30.0. The number of amides is 1. The number of allylic oxidation sites excluding steroid dienone is 1. The summed E-state index contributed by atoms with van der Waals surface area (Å²) >= 11 is 6.24. The molecule has 8 rings (SSSR count). The largest absolute Gasteiger partial charge is 0.455 e. The Morgan fingerprint density at radius 1 is 1.03 bits per heavy atom. The fourth-order valence-electron chi connectivity index (χ4n) is 8.98. The maximum atomic E-state index is 14.0. The zero-order chi connectivity index (χ0) is 44.5. The van der Waals surface area contributed by atoms with Gasteiger partial charge in [0.1, 0.15) is 22.8 Å². The van der Waals surface area contributed by atoms with E-state index in [9.17, 15) is 23.3 Å². The molecule has 0 radical (unpaired) electrons. The molecule has 0 spiro atoms. The number of nitro benzene ring substituents is 1. The van der Waals surface area contributed by atoms with Gasteiger partial charge in [0.2, 0.25) is 0 Å². The fraction of sp³-hybridized carbons (Fsp3) is 0.404. The van der Waals surface area contributed by atoms with Crippen LogP contribution in [0.25, 0.3) is 16.6 Å². The van der Waals surface area contributed by atoms with Gasteiger partial charge in [0.05, 0.1) is 27.2 Å². The van der Waals surface area contributed by atoms with Crippen molar-refractivity contribution in [2.45, 2.75) is 70.3 Å². The van der Waals surface area contributed by atoms with Gasteiger partial charge in [0.25, 0.3) is 21.6 Å². The number of nitro groups is 1. The third-order valence-electron chi connectivity index (χ3n) is 12.4. The summed E-state index contributed by atoms with van der Waals surface area (Å²) in [6.45, 7) is 13.7. The highest BCUT2D eigenvalue weighted by atomic mass is 35.5. The van der Waals surface area contributed by atoms with E-state index in [1.165, 1.54) is 35.0 Å². The van der Waals surface area contributed by atoms with Gasteiger partial charge in [-0.05, 0) is 117 Å². The zero-order valence-electron chi connectivity index (χ0n) is 36.1. The molecule has 0 saturated carbocycles. The first-order valence-electron chi connectivity index (χ1n) is 21.4. The molecule has 2 saturated heterocycles. The monoisotopic (exact) mass is 895 g/mol. The number of nitrogens with zero attached hydrogens (tertiary/aromatic N) is 4. The second kappa shape index (κ2) is 17.9. The number of anilines is 2. The molecule has 1 amide bonds. The summed E-state index contributed by atoms with van der Waals surface area (Å²) in [6.07, 6.45) is 8.06. The van der Waals surface area contributed by atoms with Crippen molar-refractivity contribution in [3.63, 3.8) is 0 Å². The van der Waals surface area contributed by atoms with Crippen molar-refractivity contribution in [2.75, 3.05) is 56.1 Å². The molecule has 16 heteroatoms. The lowest BCUT2D eigenvalue weighted by molar-refractivity contribution is -0.384. The van der Waals surface area contributed by atoms with E-state index >= 15 is 0 Å². The number of fused-ring (bicyclic) bond motifs is 1. The summed E-state index contributed by atoms with van der Waals surface area (Å²) in [5, 5.41) is 16.8. The Morgan fingerprint density at radius 3 is 2.56 bits per heavy atom. The number of carbonyl (C=O) groups is 1. The number of piperazine rings is 1. The van der Waals surface area contributed by atoms with Crippen molar-refractivity contribution in [1.82, 2.24) is 19.6 Å². The van der Waals surface area contributed by atoms with E-state index in [2.05, 4.69) is 55.8 Å². The Bertz CT molecular complexity index is 2660. The van der Waals surface area contributed by atoms with Crippen LogP contribution in [0.15, 0.2) is 95.7 Å². The molecular formula is C47H54ClN7O7S. The summed E-state index contributed by atoms with van der Waals surface area (Å²) in [4.78, 5) is 37.3. The molecule has 3 N–H and O–H groups in total. The number of rotatable bonds is 13. The zero-order valence-corrected chi connectivity index (χ0v) is 37.7. The summed E-state index contributed by atoms with van der Waals surface area (Å²) < 4.78 is 41.7. The minimum atomic E-state index is -4.57. The van der Waals surface area contributed by atoms with Crippen molar-refractivity contribution in [1.29, 1.82) is 0 Å². The average Bonchev–Trinajstić information content (AvgIpc) is 3.72. The van der Waals surface area contributed by atoms with Gasteiger partial charge in [-0.1, -0.05) is 43.2 Å². The topological polar surface area (TPSA) is 172 Å². The van der Waals surface area contributed by atoms with Crippen LogP contribution in [-0.2, 0) is 14.8 Å². The molecule has 332 valence electrons. The van der Waals surface area contributed by atoms with Gasteiger partial charge >= 0.3 is 0 Å². The van der Waals surface area contributed by atoms with Crippen LogP contribution < -0.4 is 19.7 Å². The molecule has 2 fully saturated rings. The van der Waals surface area contributed by atoms with Crippen LogP contribution in [0, 0.1) is 21.4 Å². The molecule has 2 aromatic heterocycles. The molecule has 3 aromatic carbocycles. The predicted molar refractivity (Wildman–Crippen MR) is 246 cm³/mol. The van der Waals surface area contributed by atoms with Crippen LogP contribution >= 0.6 is 11.6 Å². The van der Waals surface area contributed by atoms with Gasteiger partial charge in [0.15, 0.2) is 0 Å². The quantitative estimate of drug-likeness (QED) is 0.0760. The Hall–Kier alpha value is -5.48. The molecule has 2 aliphatic heterocycles. The summed E-state index contributed by atoms with van der Waals surface area (Å²) in [7, 11) is -4.57. The Morgan fingerprint density at radius 2 is 1.81 bits per heavy atom. The Balaban J connectivity index is 0.998. The minimum absolute atomic E-state index is 0.0378. The summed E-state index contributed by atoms with van der Waals surface area (Å²) in [5.41, 5.74) is 5.24. The molecule has 3 aliphatic rings. The van der Waals surface area contributed by atoms with Gasteiger partial charge in [-0.2, -0.15) is 0 Å². The minimum Gasteiger partial charge on any atom is -0.455 e. The number of aromatic amines is 1. The molecule has 4 heterocycles. The van der Waals surface area contributed by atoms with Crippen LogP contribution in [0.3, 0.4) is 0 Å². The van der Waals surface area contributed by atoms with Crippen molar-refractivity contribution >= 4 is 61.2 Å². The third kappa shape index (κ3) is 10.5. The first-order valence-corrected chi connectivity index (χ1v) is 23.3. The van der Waals surface area contributed by atoms with Gasteiger partial charge in [-0.15, -0.1) is 0 Å². The van der Waals surface area contributed by atoms with Crippen molar-refractivity contribution in [2.24, 2.45) is 11.3 Å². The predicted octanol–water partition coefficient (Wildman–Crippen LogP) is 9.44. The lowest BCUT2D eigenvalue weighted by Crippen LogP contribution is -2.47. The maximum Gasteiger partial charge on any atom is 0.293 e. The van der Waals surface area contributed by atoms with Gasteiger partial charge in [0, 0.05) is 80.3 Å². The average molecular weight is 897 g/mol. The highest BCUT2D eigenvalue weighted by Gasteiger charge is 2.32. The number of ether oxygens (including phenoxy) is 2. The normalized spacial score (nSPS) is 19.2. The molecule has 14 nitrogen and oxygen atoms in total. The number of nitrogens with one attached hydrogen (secondary N) is 3. The number of aromatic nitrogens is 2. The van der Waals surface area contributed by atoms with Crippen LogP contribution in [-0.4, -0.2) is 85.6 Å². The standard InChI is InChI=1S/C47H54ClN7O7S/c1-46(2)16-13-34(40(27-46)32-5-7-35(48)8-6-32)30-53-18-20-54(21-19-53)36-9-11-39(43(24-36)62-37-23-33-14-17-49-44(33)51-29-37)45(56)52-63(59,60)38-10-12-41(42(25-38)55(57)58)50-28-31-15-22-61-47(3,4)26-31/h5-12,14,17,23-25,29,31,50H,13,15-16,18-22,26-28,30H2,1-4H3,(H,49,51)(H,52,56)/t31-/m0/s1. The lowest BCUT2D eigenvalue weighted by Gasteiger charge is -2.39. The number of hydrogen-bond acceptors (Lipinski definition) is 11. The summed E-state index contributed by atoms with van der Waals surface area (Å²) in [6, 6.07) is 20.4. The molecule has 0 unspecified atom stereocenters. The molecule has 1 aliphatic carbocycles. The third-order valence-corrected chi connectivity index (χ3v) is 14.0. The van der Waals surface area contributed by atoms with E-state index in [-0.39, 0.29) is 33.9 Å². The SMILES string of the molecule is CC1(C)CCC(CN2CCN(c3ccc(C(=O)NS(=O)(=O)c4ccc(NC[C@H]5CCOC(C)(C)C5)c([N+](=O)[O-])c4)c(Oc4cnc5[nH]ccc5c4)c3)CC2)=C(c2ccc(Cl)cc2)C1. The van der Waals surface area contributed by atoms with E-state index in [1.807, 2.05) is 32.0 Å². The fourth-order valence-corrected chi connectivity index (χ4v) is 10.1. The van der Waals surface area contributed by atoms with Crippen molar-refractivity contribution in [3.8, 4) is 11.5 Å². The number of sulfonamides is 1. The highest BCUT2D eigenvalue weighted by molar-refractivity contribution is 7.90. The van der Waals surface area contributed by atoms with E-state index < -0.39 is 31.4 Å². The number of H-pyrrole nitrogens is 1. The molecule has 5 aromatic rings.